The summed E-state index contributed by atoms with van der Waals surface area (Å²) < 4.78 is 5.61. The number of ketones is 1. The van der Waals surface area contributed by atoms with Crippen LogP contribution in [0.15, 0.2) is 48.5 Å². The van der Waals surface area contributed by atoms with Crippen LogP contribution < -0.4 is 9.64 Å². The number of benzene rings is 2. The van der Waals surface area contributed by atoms with Crippen molar-refractivity contribution in [2.45, 2.75) is 13.0 Å². The number of Topliss-reactive ketones (excluding diaryl/α,β-unsaturated/α-hetero) is 1. The Morgan fingerprint density at radius 3 is 2.28 bits per heavy atom. The van der Waals surface area contributed by atoms with Crippen LogP contribution in [-0.4, -0.2) is 66.1 Å². The molecule has 1 N–H and O–H groups in total. The van der Waals surface area contributed by atoms with Gasteiger partial charge in [0.2, 0.25) is 0 Å². The zero-order chi connectivity index (χ0) is 20.8. The van der Waals surface area contributed by atoms with E-state index in [1.807, 2.05) is 0 Å². The molecule has 2 aromatic carbocycles. The van der Waals surface area contributed by atoms with Crippen LogP contribution in [0.2, 0.25) is 0 Å². The van der Waals surface area contributed by atoms with Gasteiger partial charge in [-0.3, -0.25) is 19.8 Å². The van der Waals surface area contributed by atoms with Crippen LogP contribution in [-0.2, 0) is 0 Å². The van der Waals surface area contributed by atoms with Crippen molar-refractivity contribution < 1.29 is 19.6 Å². The van der Waals surface area contributed by atoms with Crippen LogP contribution in [0, 0.1) is 10.1 Å². The number of rotatable bonds is 8. The lowest BCUT2D eigenvalue weighted by molar-refractivity contribution is -0.384. The molecule has 1 atom stereocenters. The van der Waals surface area contributed by atoms with Crippen molar-refractivity contribution >= 4 is 17.2 Å². The average Bonchev–Trinajstić information content (AvgIpc) is 2.73. The van der Waals surface area contributed by atoms with Gasteiger partial charge in [0.25, 0.3) is 5.69 Å². The summed E-state index contributed by atoms with van der Waals surface area (Å²) in [7, 11) is 0. The van der Waals surface area contributed by atoms with Gasteiger partial charge in [0.1, 0.15) is 18.5 Å². The molecule has 0 spiro atoms. The molecule has 3 rings (SSSR count). The van der Waals surface area contributed by atoms with Gasteiger partial charge in [-0.25, -0.2) is 0 Å². The maximum atomic E-state index is 11.3. The third-order valence-corrected chi connectivity index (χ3v) is 4.97. The number of hydrogen-bond donors (Lipinski definition) is 1. The van der Waals surface area contributed by atoms with E-state index in [2.05, 4.69) is 9.80 Å². The van der Waals surface area contributed by atoms with E-state index in [9.17, 15) is 20.0 Å². The zero-order valence-corrected chi connectivity index (χ0v) is 16.4. The highest BCUT2D eigenvalue weighted by atomic mass is 16.6. The third kappa shape index (κ3) is 5.75. The lowest BCUT2D eigenvalue weighted by atomic mass is 10.1. The van der Waals surface area contributed by atoms with E-state index in [0.717, 1.165) is 31.9 Å². The quantitative estimate of drug-likeness (QED) is 0.413. The number of carbonyl (C=O) groups excluding carboxylic acids is 1. The maximum absolute atomic E-state index is 11.3. The number of aliphatic hydroxyl groups is 1. The van der Waals surface area contributed by atoms with Gasteiger partial charge in [0.05, 0.1) is 4.92 Å². The van der Waals surface area contributed by atoms with Gasteiger partial charge >= 0.3 is 0 Å². The fourth-order valence-corrected chi connectivity index (χ4v) is 3.30. The number of nitro benzene ring substituents is 1. The van der Waals surface area contributed by atoms with Crippen molar-refractivity contribution in [1.82, 2.24) is 4.90 Å². The van der Waals surface area contributed by atoms with Crippen LogP contribution in [0.5, 0.6) is 5.75 Å². The minimum absolute atomic E-state index is 0.00412. The predicted molar refractivity (Wildman–Crippen MR) is 110 cm³/mol. The Balaban J connectivity index is 1.41. The van der Waals surface area contributed by atoms with Crippen molar-refractivity contribution in [2.24, 2.45) is 0 Å². The first-order valence-corrected chi connectivity index (χ1v) is 9.56. The number of aliphatic hydroxyl groups excluding tert-OH is 1. The van der Waals surface area contributed by atoms with Gasteiger partial charge in [-0.2, -0.15) is 0 Å². The van der Waals surface area contributed by atoms with Crippen molar-refractivity contribution in [3.63, 3.8) is 0 Å². The second-order valence-corrected chi connectivity index (χ2v) is 7.11. The molecular formula is C21H25N3O5. The summed E-state index contributed by atoms with van der Waals surface area (Å²) in [6.45, 7) is 5.38. The molecule has 1 saturated heterocycles. The zero-order valence-electron chi connectivity index (χ0n) is 16.4. The lowest BCUT2D eigenvalue weighted by Crippen LogP contribution is -2.49. The molecule has 8 heteroatoms. The van der Waals surface area contributed by atoms with Crippen molar-refractivity contribution in [1.29, 1.82) is 0 Å². The number of nitro groups is 1. The second-order valence-electron chi connectivity index (χ2n) is 7.11. The van der Waals surface area contributed by atoms with E-state index >= 15 is 0 Å². The summed E-state index contributed by atoms with van der Waals surface area (Å²) in [4.78, 5) is 26.0. The van der Waals surface area contributed by atoms with Gasteiger partial charge in [0.15, 0.2) is 5.78 Å². The van der Waals surface area contributed by atoms with Crippen molar-refractivity contribution in [3.8, 4) is 5.75 Å². The molecule has 1 fully saturated rings. The van der Waals surface area contributed by atoms with Crippen LogP contribution in [0.25, 0.3) is 0 Å². The molecule has 8 nitrogen and oxygen atoms in total. The number of nitrogens with zero attached hydrogens (tertiary/aromatic N) is 3. The Morgan fingerprint density at radius 1 is 1.10 bits per heavy atom. The number of piperazine rings is 1. The molecule has 0 aromatic heterocycles. The van der Waals surface area contributed by atoms with E-state index in [-0.39, 0.29) is 18.1 Å². The Hall–Kier alpha value is -2.97. The number of ether oxygens (including phenoxy) is 1. The molecule has 154 valence electrons. The number of β-amino-alcohol motifs (C(OH)–C–C–N with tert-alkyl or cyclic N) is 1. The molecule has 0 aliphatic carbocycles. The molecule has 1 unspecified atom stereocenters. The molecule has 1 aliphatic rings. The highest BCUT2D eigenvalue weighted by molar-refractivity contribution is 5.94. The van der Waals surface area contributed by atoms with E-state index in [1.165, 1.54) is 19.1 Å². The Labute approximate surface area is 169 Å². The normalized spacial score (nSPS) is 15.7. The smallest absolute Gasteiger partial charge is 0.269 e. The molecule has 1 heterocycles. The minimum atomic E-state index is -0.617. The van der Waals surface area contributed by atoms with Gasteiger partial charge in [0, 0.05) is 56.1 Å². The van der Waals surface area contributed by atoms with Crippen molar-refractivity contribution in [3.05, 3.63) is 64.2 Å². The third-order valence-electron chi connectivity index (χ3n) is 4.97. The first-order chi connectivity index (χ1) is 13.9. The fraction of sp³-hybridized carbons (Fsp3) is 0.381. The fourth-order valence-electron chi connectivity index (χ4n) is 3.30. The number of anilines is 1. The lowest BCUT2D eigenvalue weighted by Gasteiger charge is -2.36. The first kappa shape index (κ1) is 20.8. The van der Waals surface area contributed by atoms with Gasteiger partial charge < -0.3 is 14.7 Å². The predicted octanol–water partition coefficient (Wildman–Crippen LogP) is 2.36. The molecule has 0 amide bonds. The Bertz CT molecular complexity index is 830. The maximum Gasteiger partial charge on any atom is 0.269 e. The summed E-state index contributed by atoms with van der Waals surface area (Å²) in [5, 5.41) is 21.0. The van der Waals surface area contributed by atoms with Crippen LogP contribution >= 0.6 is 0 Å². The topological polar surface area (TPSA) is 96.2 Å². The molecule has 1 aliphatic heterocycles. The molecular weight excluding hydrogens is 374 g/mol. The van der Waals surface area contributed by atoms with Gasteiger partial charge in [-0.05, 0) is 43.3 Å². The molecule has 0 radical (unpaired) electrons. The minimum Gasteiger partial charge on any atom is -0.491 e. The number of carbonyl (C=O) groups is 1. The van der Waals surface area contributed by atoms with Crippen molar-refractivity contribution in [2.75, 3.05) is 44.2 Å². The Morgan fingerprint density at radius 2 is 1.72 bits per heavy atom. The highest BCUT2D eigenvalue weighted by Gasteiger charge is 2.20. The molecule has 0 bridgehead atoms. The summed E-state index contributed by atoms with van der Waals surface area (Å²) in [5.41, 5.74) is 1.68. The first-order valence-electron chi connectivity index (χ1n) is 9.56. The summed E-state index contributed by atoms with van der Waals surface area (Å²) in [5.74, 6) is 0.626. The summed E-state index contributed by atoms with van der Waals surface area (Å²) in [6, 6.07) is 13.5. The van der Waals surface area contributed by atoms with E-state index in [1.54, 1.807) is 36.4 Å². The largest absolute Gasteiger partial charge is 0.491 e. The highest BCUT2D eigenvalue weighted by Crippen LogP contribution is 2.20. The van der Waals surface area contributed by atoms with Crippen LogP contribution in [0.3, 0.4) is 0 Å². The standard InChI is InChI=1S/C21H25N3O5/c1-16(25)17-2-8-21(9-3-17)29-15-20(26)14-22-10-12-23(13-11-22)18-4-6-19(7-5-18)24(27)28/h2-9,20,26H,10-15H2,1H3. The van der Waals surface area contributed by atoms with Crippen LogP contribution in [0.1, 0.15) is 17.3 Å². The monoisotopic (exact) mass is 399 g/mol. The number of non-ortho nitro benzene ring substituents is 1. The molecule has 29 heavy (non-hydrogen) atoms. The van der Waals surface area contributed by atoms with Gasteiger partial charge in [-0.1, -0.05) is 0 Å². The van der Waals surface area contributed by atoms with Gasteiger partial charge in [-0.15, -0.1) is 0 Å². The van der Waals surface area contributed by atoms with E-state index in [4.69, 9.17) is 4.74 Å². The van der Waals surface area contributed by atoms with E-state index in [0.29, 0.717) is 17.9 Å². The number of hydrogen-bond acceptors (Lipinski definition) is 7. The summed E-state index contributed by atoms with van der Waals surface area (Å²) >= 11 is 0. The second kappa shape index (κ2) is 9.49. The molecule has 2 aromatic rings. The average molecular weight is 399 g/mol. The van der Waals surface area contributed by atoms with Crippen LogP contribution in [0.4, 0.5) is 11.4 Å². The SMILES string of the molecule is CC(=O)c1ccc(OCC(O)CN2CCN(c3ccc([N+](=O)[O-])cc3)CC2)cc1. The molecule has 0 saturated carbocycles. The van der Waals surface area contributed by atoms with E-state index < -0.39 is 11.0 Å². The summed E-state index contributed by atoms with van der Waals surface area (Å²) in [6.07, 6.45) is -0.617. The Kier molecular flexibility index (Phi) is 6.79.